The van der Waals surface area contributed by atoms with E-state index in [0.717, 1.165) is 0 Å². The average molecular weight is 152 g/mol. The predicted molar refractivity (Wildman–Crippen MR) is 39.4 cm³/mol. The van der Waals surface area contributed by atoms with Gasteiger partial charge in [-0.3, -0.25) is 5.10 Å². The zero-order valence-corrected chi connectivity index (χ0v) is 5.87. The monoisotopic (exact) mass is 152 g/mol. The lowest BCUT2D eigenvalue weighted by atomic mass is 10.2. The van der Waals surface area contributed by atoms with Crippen LogP contribution >= 0.6 is 0 Å². The van der Waals surface area contributed by atoms with Gasteiger partial charge < -0.3 is 5.11 Å². The quantitative estimate of drug-likeness (QED) is 0.630. The zero-order chi connectivity index (χ0) is 8.27. The number of aromatic carboxylic acids is 1. The summed E-state index contributed by atoms with van der Waals surface area (Å²) in [4.78, 5) is 10.5. The second kappa shape index (κ2) is 3.01. The summed E-state index contributed by atoms with van der Waals surface area (Å²) in [6.45, 7) is 3.50. The van der Waals surface area contributed by atoms with Crippen LogP contribution in [0, 0.1) is 0 Å². The average Bonchev–Trinajstić information content (AvgIpc) is 2.36. The molecule has 0 aliphatic carbocycles. The van der Waals surface area contributed by atoms with Crippen LogP contribution < -0.4 is 0 Å². The van der Waals surface area contributed by atoms with Crippen LogP contribution in [0.15, 0.2) is 18.9 Å². The van der Waals surface area contributed by atoms with Crippen molar-refractivity contribution in [2.45, 2.75) is 6.42 Å². The summed E-state index contributed by atoms with van der Waals surface area (Å²) in [6.07, 6.45) is 3.65. The third-order valence-corrected chi connectivity index (χ3v) is 1.30. The van der Waals surface area contributed by atoms with Crippen LogP contribution in [0.2, 0.25) is 0 Å². The highest BCUT2D eigenvalue weighted by molar-refractivity contribution is 5.86. The molecule has 1 rings (SSSR count). The van der Waals surface area contributed by atoms with Crippen molar-refractivity contribution in [3.63, 3.8) is 0 Å². The van der Waals surface area contributed by atoms with Gasteiger partial charge in [-0.2, -0.15) is 5.10 Å². The molecule has 1 aromatic rings. The zero-order valence-electron chi connectivity index (χ0n) is 5.87. The van der Waals surface area contributed by atoms with Crippen molar-refractivity contribution in [3.8, 4) is 0 Å². The molecule has 2 N–H and O–H groups in total. The van der Waals surface area contributed by atoms with E-state index in [1.54, 1.807) is 6.08 Å². The third kappa shape index (κ3) is 1.46. The molecule has 0 saturated carbocycles. The Morgan fingerprint density at radius 3 is 3.18 bits per heavy atom. The Hall–Kier alpha value is -1.58. The molecule has 0 aromatic carbocycles. The first kappa shape index (κ1) is 7.53. The molecule has 0 radical (unpaired) electrons. The minimum Gasteiger partial charge on any atom is -0.477 e. The summed E-state index contributed by atoms with van der Waals surface area (Å²) in [5, 5.41) is 14.6. The number of nitrogens with one attached hydrogen (secondary N) is 1. The van der Waals surface area contributed by atoms with Crippen LogP contribution in [-0.2, 0) is 6.42 Å². The lowest BCUT2D eigenvalue weighted by Crippen LogP contribution is -2.00. The van der Waals surface area contributed by atoms with Crippen LogP contribution in [0.1, 0.15) is 16.1 Å². The summed E-state index contributed by atoms with van der Waals surface area (Å²) in [7, 11) is 0. The van der Waals surface area contributed by atoms with Gasteiger partial charge in [-0.15, -0.1) is 6.58 Å². The smallest absolute Gasteiger partial charge is 0.354 e. The third-order valence-electron chi connectivity index (χ3n) is 1.30. The van der Waals surface area contributed by atoms with Crippen molar-refractivity contribution >= 4 is 5.97 Å². The molecular weight excluding hydrogens is 144 g/mol. The molecule has 1 heterocycles. The standard InChI is InChI=1S/C7H8N2O2/c1-2-3-5-4-8-9-6(5)7(10)11/h2,4H,1,3H2,(H,8,9)(H,10,11). The number of carbonyl (C=O) groups is 1. The molecule has 0 unspecified atom stereocenters. The first-order chi connectivity index (χ1) is 5.25. The molecule has 0 atom stereocenters. The number of carboxylic acid groups (broad SMARTS) is 1. The van der Waals surface area contributed by atoms with Crippen molar-refractivity contribution in [2.75, 3.05) is 0 Å². The normalized spacial score (nSPS) is 9.45. The molecule has 0 saturated heterocycles. The fourth-order valence-electron chi connectivity index (χ4n) is 0.807. The lowest BCUT2D eigenvalue weighted by molar-refractivity contribution is 0.0689. The number of allylic oxidation sites excluding steroid dienone is 1. The number of H-pyrrole nitrogens is 1. The summed E-state index contributed by atoms with van der Waals surface area (Å²) in [5.74, 6) is -0.987. The van der Waals surface area contributed by atoms with Gasteiger partial charge in [0.05, 0.1) is 6.20 Å². The fourth-order valence-corrected chi connectivity index (χ4v) is 0.807. The highest BCUT2D eigenvalue weighted by Gasteiger charge is 2.09. The largest absolute Gasteiger partial charge is 0.477 e. The summed E-state index contributed by atoms with van der Waals surface area (Å²) in [5.41, 5.74) is 0.803. The number of rotatable bonds is 3. The summed E-state index contributed by atoms with van der Waals surface area (Å²) >= 11 is 0. The maximum atomic E-state index is 10.5. The minimum atomic E-state index is -0.987. The molecule has 0 amide bonds. The molecule has 0 aliphatic heterocycles. The van der Waals surface area contributed by atoms with Gasteiger partial charge in [-0.05, 0) is 6.42 Å². The summed E-state index contributed by atoms with van der Waals surface area (Å²) < 4.78 is 0. The van der Waals surface area contributed by atoms with E-state index >= 15 is 0 Å². The van der Waals surface area contributed by atoms with E-state index in [1.807, 2.05) is 0 Å². The number of hydrogen-bond acceptors (Lipinski definition) is 2. The number of carboxylic acids is 1. The topological polar surface area (TPSA) is 66.0 Å². The maximum Gasteiger partial charge on any atom is 0.354 e. The highest BCUT2D eigenvalue weighted by atomic mass is 16.4. The van der Waals surface area contributed by atoms with Gasteiger partial charge >= 0.3 is 5.97 Å². The Bertz CT molecular complexity index is 278. The van der Waals surface area contributed by atoms with E-state index in [1.165, 1.54) is 6.20 Å². The SMILES string of the molecule is C=CCc1cn[nH]c1C(=O)O. The van der Waals surface area contributed by atoms with Crippen molar-refractivity contribution in [1.82, 2.24) is 10.2 Å². The molecule has 0 spiro atoms. The molecule has 0 fully saturated rings. The van der Waals surface area contributed by atoms with E-state index in [2.05, 4.69) is 16.8 Å². The second-order valence-electron chi connectivity index (χ2n) is 2.07. The highest BCUT2D eigenvalue weighted by Crippen LogP contribution is 2.04. The Morgan fingerprint density at radius 2 is 2.64 bits per heavy atom. The molecule has 4 heteroatoms. The second-order valence-corrected chi connectivity index (χ2v) is 2.07. The lowest BCUT2D eigenvalue weighted by Gasteiger charge is -1.91. The van der Waals surface area contributed by atoms with Gasteiger partial charge in [-0.1, -0.05) is 6.08 Å². The Balaban J connectivity index is 2.95. The van der Waals surface area contributed by atoms with Crippen molar-refractivity contribution in [1.29, 1.82) is 0 Å². The molecular formula is C7H8N2O2. The minimum absolute atomic E-state index is 0.143. The van der Waals surface area contributed by atoms with E-state index in [4.69, 9.17) is 5.11 Å². The van der Waals surface area contributed by atoms with Crippen LogP contribution in [0.25, 0.3) is 0 Å². The van der Waals surface area contributed by atoms with Crippen molar-refractivity contribution < 1.29 is 9.90 Å². The first-order valence-corrected chi connectivity index (χ1v) is 3.12. The van der Waals surface area contributed by atoms with Crippen LogP contribution in [0.3, 0.4) is 0 Å². The van der Waals surface area contributed by atoms with Gasteiger partial charge in [0.2, 0.25) is 0 Å². The van der Waals surface area contributed by atoms with Crippen LogP contribution in [-0.4, -0.2) is 21.3 Å². The van der Waals surface area contributed by atoms with Crippen molar-refractivity contribution in [2.24, 2.45) is 0 Å². The van der Waals surface area contributed by atoms with Crippen molar-refractivity contribution in [3.05, 3.63) is 30.1 Å². The fraction of sp³-hybridized carbons (Fsp3) is 0.143. The molecule has 1 aromatic heterocycles. The number of nitrogens with zero attached hydrogens (tertiary/aromatic N) is 1. The van der Waals surface area contributed by atoms with Crippen LogP contribution in [0.4, 0.5) is 0 Å². The number of aromatic amines is 1. The molecule has 4 nitrogen and oxygen atoms in total. The molecule has 0 bridgehead atoms. The Labute approximate surface area is 63.6 Å². The van der Waals surface area contributed by atoms with E-state index < -0.39 is 5.97 Å². The van der Waals surface area contributed by atoms with E-state index in [-0.39, 0.29) is 5.69 Å². The maximum absolute atomic E-state index is 10.5. The number of aromatic nitrogens is 2. The Kier molecular flexibility index (Phi) is 2.06. The van der Waals surface area contributed by atoms with Gasteiger partial charge in [-0.25, -0.2) is 4.79 Å². The molecule has 0 aliphatic rings. The number of hydrogen-bond donors (Lipinski definition) is 2. The predicted octanol–water partition coefficient (Wildman–Crippen LogP) is 0.836. The first-order valence-electron chi connectivity index (χ1n) is 3.12. The van der Waals surface area contributed by atoms with Gasteiger partial charge in [0.15, 0.2) is 0 Å². The van der Waals surface area contributed by atoms with Crippen LogP contribution in [0.5, 0.6) is 0 Å². The summed E-state index contributed by atoms with van der Waals surface area (Å²) in [6, 6.07) is 0. The van der Waals surface area contributed by atoms with E-state index in [9.17, 15) is 4.79 Å². The molecule has 58 valence electrons. The molecule has 11 heavy (non-hydrogen) atoms. The van der Waals surface area contributed by atoms with Gasteiger partial charge in [0, 0.05) is 5.56 Å². The van der Waals surface area contributed by atoms with E-state index in [0.29, 0.717) is 12.0 Å². The Morgan fingerprint density at radius 1 is 1.91 bits per heavy atom. The van der Waals surface area contributed by atoms with Gasteiger partial charge in [0.1, 0.15) is 5.69 Å². The van der Waals surface area contributed by atoms with Gasteiger partial charge in [0.25, 0.3) is 0 Å².